The zero-order chi connectivity index (χ0) is 21.3. The molecule has 2 heterocycles. The van der Waals surface area contributed by atoms with Crippen LogP contribution in [0.5, 0.6) is 23.3 Å². The van der Waals surface area contributed by atoms with Crippen LogP contribution in [0.3, 0.4) is 0 Å². The maximum absolute atomic E-state index is 12.2. The molecule has 0 atom stereocenters. The van der Waals surface area contributed by atoms with Gasteiger partial charge in [-0.3, -0.25) is 9.78 Å². The first kappa shape index (κ1) is 20.6. The minimum atomic E-state index is -0.132. The Morgan fingerprint density at radius 3 is 2.39 bits per heavy atom. The topological polar surface area (TPSA) is 95.5 Å². The zero-order valence-corrected chi connectivity index (χ0v) is 17.0. The monoisotopic (exact) mass is 420 g/mol. The molecule has 1 aliphatic rings. The van der Waals surface area contributed by atoms with E-state index in [0.717, 1.165) is 25.7 Å². The van der Waals surface area contributed by atoms with Crippen LogP contribution in [0.1, 0.15) is 25.7 Å². The van der Waals surface area contributed by atoms with E-state index in [1.165, 1.54) is 0 Å². The van der Waals surface area contributed by atoms with E-state index < -0.39 is 0 Å². The molecule has 0 saturated heterocycles. The lowest BCUT2D eigenvalue weighted by Crippen LogP contribution is -2.41. The van der Waals surface area contributed by atoms with Crippen molar-refractivity contribution in [1.82, 2.24) is 20.3 Å². The van der Waals surface area contributed by atoms with Crippen LogP contribution in [0.25, 0.3) is 0 Å². The summed E-state index contributed by atoms with van der Waals surface area (Å²) in [5.41, 5.74) is 0. The van der Waals surface area contributed by atoms with Gasteiger partial charge in [-0.15, -0.1) is 0 Å². The van der Waals surface area contributed by atoms with Gasteiger partial charge in [0.1, 0.15) is 17.6 Å². The minimum Gasteiger partial charge on any atom is -0.484 e. The van der Waals surface area contributed by atoms with Crippen LogP contribution in [-0.4, -0.2) is 39.6 Å². The molecule has 0 spiro atoms. The van der Waals surface area contributed by atoms with Crippen molar-refractivity contribution in [3.63, 3.8) is 0 Å². The summed E-state index contributed by atoms with van der Waals surface area (Å²) in [6.07, 6.45) is 10.1. The number of hydrogen-bond acceptors (Lipinski definition) is 7. The number of aromatic nitrogens is 3. The molecule has 1 aromatic carbocycles. The first-order valence-corrected chi connectivity index (χ1v) is 10.3. The molecule has 8 heteroatoms. The van der Waals surface area contributed by atoms with Crippen molar-refractivity contribution in [1.29, 1.82) is 0 Å². The van der Waals surface area contributed by atoms with Crippen LogP contribution in [0.4, 0.5) is 0 Å². The lowest BCUT2D eigenvalue weighted by molar-refractivity contribution is -0.124. The Morgan fingerprint density at radius 1 is 0.903 bits per heavy atom. The van der Waals surface area contributed by atoms with Crippen molar-refractivity contribution in [2.45, 2.75) is 37.8 Å². The molecule has 4 rings (SSSR count). The van der Waals surface area contributed by atoms with E-state index >= 15 is 0 Å². The summed E-state index contributed by atoms with van der Waals surface area (Å²) in [6, 6.07) is 12.7. The second-order valence-corrected chi connectivity index (χ2v) is 7.23. The molecule has 1 amide bonds. The van der Waals surface area contributed by atoms with Crippen LogP contribution in [-0.2, 0) is 4.79 Å². The number of rotatable bonds is 8. The molecule has 1 fully saturated rings. The van der Waals surface area contributed by atoms with Crippen molar-refractivity contribution in [2.24, 2.45) is 0 Å². The molecule has 1 aliphatic carbocycles. The Hall–Kier alpha value is -3.68. The number of pyridine rings is 1. The van der Waals surface area contributed by atoms with Crippen molar-refractivity contribution in [3.05, 3.63) is 67.3 Å². The molecule has 0 aliphatic heterocycles. The average Bonchev–Trinajstić information content (AvgIpc) is 2.81. The Morgan fingerprint density at radius 2 is 1.68 bits per heavy atom. The summed E-state index contributed by atoms with van der Waals surface area (Å²) >= 11 is 0. The molecule has 160 valence electrons. The zero-order valence-electron chi connectivity index (χ0n) is 17.0. The van der Waals surface area contributed by atoms with E-state index in [-0.39, 0.29) is 24.7 Å². The Kier molecular flexibility index (Phi) is 6.89. The van der Waals surface area contributed by atoms with Crippen LogP contribution < -0.4 is 19.5 Å². The Bertz CT molecular complexity index is 946. The van der Waals surface area contributed by atoms with Gasteiger partial charge in [-0.25, -0.2) is 9.97 Å². The molecule has 31 heavy (non-hydrogen) atoms. The number of amides is 1. The van der Waals surface area contributed by atoms with Gasteiger partial charge in [0.2, 0.25) is 11.8 Å². The molecule has 0 unspecified atom stereocenters. The molecule has 0 radical (unpaired) electrons. The van der Waals surface area contributed by atoms with E-state index in [9.17, 15) is 4.79 Å². The number of benzene rings is 1. The highest BCUT2D eigenvalue weighted by molar-refractivity contribution is 5.77. The third kappa shape index (κ3) is 6.40. The lowest BCUT2D eigenvalue weighted by Gasteiger charge is -2.29. The van der Waals surface area contributed by atoms with E-state index in [1.54, 1.807) is 55.1 Å². The highest BCUT2D eigenvalue weighted by Gasteiger charge is 2.24. The highest BCUT2D eigenvalue weighted by atomic mass is 16.5. The summed E-state index contributed by atoms with van der Waals surface area (Å²) in [5, 5.41) is 3.04. The third-order valence-corrected chi connectivity index (χ3v) is 4.92. The highest BCUT2D eigenvalue weighted by Crippen LogP contribution is 2.23. The van der Waals surface area contributed by atoms with Crippen LogP contribution >= 0.6 is 0 Å². The van der Waals surface area contributed by atoms with Gasteiger partial charge in [-0.2, -0.15) is 0 Å². The van der Waals surface area contributed by atoms with Gasteiger partial charge in [0.05, 0.1) is 6.20 Å². The molecule has 2 aromatic heterocycles. The van der Waals surface area contributed by atoms with Gasteiger partial charge < -0.3 is 19.5 Å². The van der Waals surface area contributed by atoms with Crippen LogP contribution in [0.15, 0.2) is 67.3 Å². The standard InChI is InChI=1S/C23H24N4O4/c28-21(27-17-4-6-19(7-5-17)31-23-15-24-13-14-26-23)16-29-18-8-10-20(11-9-18)30-22-3-1-2-12-25-22/h1-3,8-15,17,19H,4-7,16H2,(H,27,28). The molecular formula is C23H24N4O4. The number of nitrogens with zero attached hydrogens (tertiary/aromatic N) is 3. The number of hydrogen-bond donors (Lipinski definition) is 1. The first-order valence-electron chi connectivity index (χ1n) is 10.3. The second-order valence-electron chi connectivity index (χ2n) is 7.23. The molecule has 0 bridgehead atoms. The maximum atomic E-state index is 12.2. The Balaban J connectivity index is 1.16. The Labute approximate surface area is 180 Å². The number of nitrogens with one attached hydrogen (secondary N) is 1. The second kappa shape index (κ2) is 10.4. The van der Waals surface area contributed by atoms with Crippen molar-refractivity contribution in [3.8, 4) is 23.3 Å². The van der Waals surface area contributed by atoms with Crippen molar-refractivity contribution in [2.75, 3.05) is 6.61 Å². The first-order chi connectivity index (χ1) is 15.2. The predicted molar refractivity (Wildman–Crippen MR) is 113 cm³/mol. The fourth-order valence-electron chi connectivity index (χ4n) is 3.39. The fraction of sp³-hybridized carbons (Fsp3) is 0.304. The van der Waals surface area contributed by atoms with Gasteiger partial charge in [0, 0.05) is 30.7 Å². The minimum absolute atomic E-state index is 0.0313. The number of carbonyl (C=O) groups is 1. The summed E-state index contributed by atoms with van der Waals surface area (Å²) < 4.78 is 17.1. The lowest BCUT2D eigenvalue weighted by atomic mass is 9.93. The summed E-state index contributed by atoms with van der Waals surface area (Å²) in [7, 11) is 0. The molecule has 8 nitrogen and oxygen atoms in total. The van der Waals surface area contributed by atoms with E-state index in [0.29, 0.717) is 23.3 Å². The average molecular weight is 420 g/mol. The van der Waals surface area contributed by atoms with Gasteiger partial charge in [0.25, 0.3) is 5.91 Å². The molecule has 3 aromatic rings. The van der Waals surface area contributed by atoms with Gasteiger partial charge in [0.15, 0.2) is 6.61 Å². The molecule has 1 saturated carbocycles. The van der Waals surface area contributed by atoms with E-state index in [4.69, 9.17) is 14.2 Å². The van der Waals surface area contributed by atoms with Gasteiger partial charge in [-0.05, 0) is 56.0 Å². The van der Waals surface area contributed by atoms with E-state index in [1.807, 2.05) is 12.1 Å². The third-order valence-electron chi connectivity index (χ3n) is 4.92. The largest absolute Gasteiger partial charge is 0.484 e. The van der Waals surface area contributed by atoms with Crippen LogP contribution in [0.2, 0.25) is 0 Å². The van der Waals surface area contributed by atoms with Gasteiger partial charge in [-0.1, -0.05) is 6.07 Å². The molecular weight excluding hydrogens is 396 g/mol. The summed E-state index contributed by atoms with van der Waals surface area (Å²) in [5.74, 6) is 2.18. The van der Waals surface area contributed by atoms with E-state index in [2.05, 4.69) is 20.3 Å². The summed E-state index contributed by atoms with van der Waals surface area (Å²) in [6.45, 7) is -0.0313. The van der Waals surface area contributed by atoms with Crippen molar-refractivity contribution < 1.29 is 19.0 Å². The fourth-order valence-corrected chi connectivity index (χ4v) is 3.39. The number of ether oxygens (including phenoxy) is 3. The predicted octanol–water partition coefficient (Wildman–Crippen LogP) is 3.55. The summed E-state index contributed by atoms with van der Waals surface area (Å²) in [4.78, 5) is 24.5. The maximum Gasteiger partial charge on any atom is 0.258 e. The quantitative estimate of drug-likeness (QED) is 0.595. The molecule has 1 N–H and O–H groups in total. The van der Waals surface area contributed by atoms with Crippen molar-refractivity contribution >= 4 is 5.91 Å². The smallest absolute Gasteiger partial charge is 0.258 e. The number of carbonyl (C=O) groups excluding carboxylic acids is 1. The van der Waals surface area contributed by atoms with Crippen LogP contribution in [0, 0.1) is 0 Å². The van der Waals surface area contributed by atoms with Gasteiger partial charge >= 0.3 is 0 Å². The normalized spacial score (nSPS) is 18.1. The SMILES string of the molecule is O=C(COc1ccc(Oc2ccccn2)cc1)NC1CCC(Oc2cnccn2)CC1.